The quantitative estimate of drug-likeness (QED) is 0.906. The molecule has 5 heteroatoms. The van der Waals surface area contributed by atoms with Crippen LogP contribution in [-0.2, 0) is 6.54 Å². The summed E-state index contributed by atoms with van der Waals surface area (Å²) in [4.78, 5) is 2.37. The minimum absolute atomic E-state index is 0.260. The van der Waals surface area contributed by atoms with Crippen LogP contribution in [0.15, 0.2) is 12.1 Å². The zero-order valence-electron chi connectivity index (χ0n) is 12.7. The number of likely N-dealkylation sites (N-methyl/N-ethyl adjacent to an activating group) is 1. The lowest BCUT2D eigenvalue weighted by Crippen LogP contribution is -2.49. The number of nitrogens with one attached hydrogen (secondary N) is 1. The molecule has 0 bridgehead atoms. The monoisotopic (exact) mass is 310 g/mol. The Labute approximate surface area is 131 Å². The van der Waals surface area contributed by atoms with E-state index in [1.54, 1.807) is 0 Å². The average Bonchev–Trinajstić information content (AvgIpc) is 3.08. The molecule has 0 amide bonds. The number of ether oxygens (including phenoxy) is 2. The lowest BCUT2D eigenvalue weighted by atomic mass is 9.96. The Morgan fingerprint density at radius 2 is 2.00 bits per heavy atom. The van der Waals surface area contributed by atoms with Crippen LogP contribution in [0.1, 0.15) is 31.2 Å². The lowest BCUT2D eigenvalue weighted by molar-refractivity contribution is 0.153. The summed E-state index contributed by atoms with van der Waals surface area (Å²) in [7, 11) is 4.37. The number of benzene rings is 1. The summed E-state index contributed by atoms with van der Waals surface area (Å²) in [5.41, 5.74) is 1.44. The summed E-state index contributed by atoms with van der Waals surface area (Å²) in [6.07, 6.45) is 5.20. The van der Waals surface area contributed by atoms with Crippen LogP contribution in [0.4, 0.5) is 0 Å². The smallest absolute Gasteiger partial charge is 0.231 e. The molecular weight excluding hydrogens is 288 g/mol. The molecule has 1 aliphatic heterocycles. The summed E-state index contributed by atoms with van der Waals surface area (Å²) in [6.45, 7) is 2.06. The second-order valence-corrected chi connectivity index (χ2v) is 6.65. The van der Waals surface area contributed by atoms with Gasteiger partial charge in [0.15, 0.2) is 11.5 Å². The summed E-state index contributed by atoms with van der Waals surface area (Å²) in [5.74, 6) is 1.42. The number of halogens is 1. The highest BCUT2D eigenvalue weighted by molar-refractivity contribution is 6.32. The van der Waals surface area contributed by atoms with Crippen molar-refractivity contribution in [2.24, 2.45) is 0 Å². The molecule has 4 nitrogen and oxygen atoms in total. The van der Waals surface area contributed by atoms with Gasteiger partial charge in [-0.3, -0.25) is 0 Å². The van der Waals surface area contributed by atoms with Gasteiger partial charge in [-0.15, -0.1) is 0 Å². The molecule has 0 spiro atoms. The zero-order chi connectivity index (χ0) is 14.9. The first kappa shape index (κ1) is 14.9. The van der Waals surface area contributed by atoms with Crippen LogP contribution in [-0.4, -0.2) is 37.9 Å². The molecule has 2 aliphatic rings. The van der Waals surface area contributed by atoms with Gasteiger partial charge in [0.2, 0.25) is 6.79 Å². The third kappa shape index (κ3) is 2.98. The molecular formula is C16H23ClN2O2. The molecule has 3 rings (SSSR count). The molecule has 0 saturated heterocycles. The summed E-state index contributed by atoms with van der Waals surface area (Å²) in [6, 6.07) is 3.97. The molecule has 1 aromatic carbocycles. The molecule has 0 atom stereocenters. The van der Waals surface area contributed by atoms with Crippen molar-refractivity contribution in [2.45, 2.75) is 37.8 Å². The highest BCUT2D eigenvalue weighted by atomic mass is 35.5. The zero-order valence-corrected chi connectivity index (χ0v) is 13.5. The first-order chi connectivity index (χ1) is 10.1. The Balaban J connectivity index is 1.62. The number of fused-ring (bicyclic) bond motifs is 1. The van der Waals surface area contributed by atoms with E-state index in [4.69, 9.17) is 21.1 Å². The lowest BCUT2D eigenvalue weighted by Gasteiger charge is -2.36. The molecule has 0 unspecified atom stereocenters. The largest absolute Gasteiger partial charge is 0.454 e. The Kier molecular flexibility index (Phi) is 4.29. The van der Waals surface area contributed by atoms with Crippen LogP contribution in [0.5, 0.6) is 11.5 Å². The van der Waals surface area contributed by atoms with Gasteiger partial charge in [-0.05, 0) is 44.6 Å². The van der Waals surface area contributed by atoms with E-state index in [9.17, 15) is 0 Å². The van der Waals surface area contributed by atoms with Gasteiger partial charge in [0.25, 0.3) is 0 Å². The number of nitrogens with zero attached hydrogens (tertiary/aromatic N) is 1. The SMILES string of the molecule is CN(C)C1(CNCc2cc(Cl)c3c(c2)OCO3)CCCC1. The first-order valence-electron chi connectivity index (χ1n) is 7.57. The molecule has 1 saturated carbocycles. The molecule has 1 fully saturated rings. The fourth-order valence-corrected chi connectivity index (χ4v) is 3.67. The predicted octanol–water partition coefficient (Wildman–Crippen LogP) is 3.03. The molecule has 1 heterocycles. The van der Waals surface area contributed by atoms with Gasteiger partial charge in [-0.25, -0.2) is 0 Å². The van der Waals surface area contributed by atoms with Crippen molar-refractivity contribution < 1.29 is 9.47 Å². The average molecular weight is 311 g/mol. The topological polar surface area (TPSA) is 33.7 Å². The van der Waals surface area contributed by atoms with Crippen LogP contribution in [0.25, 0.3) is 0 Å². The molecule has 21 heavy (non-hydrogen) atoms. The molecule has 1 aromatic rings. The van der Waals surface area contributed by atoms with Crippen LogP contribution in [0.3, 0.4) is 0 Å². The van der Waals surface area contributed by atoms with Crippen molar-refractivity contribution in [1.82, 2.24) is 10.2 Å². The van der Waals surface area contributed by atoms with Crippen LogP contribution in [0, 0.1) is 0 Å². The molecule has 0 radical (unpaired) electrons. The maximum absolute atomic E-state index is 6.22. The molecule has 0 aromatic heterocycles. The minimum Gasteiger partial charge on any atom is -0.454 e. The van der Waals surface area contributed by atoms with Crippen molar-refractivity contribution in [3.8, 4) is 11.5 Å². The Bertz CT molecular complexity index is 513. The van der Waals surface area contributed by atoms with Crippen molar-refractivity contribution in [3.05, 3.63) is 22.7 Å². The predicted molar refractivity (Wildman–Crippen MR) is 84.2 cm³/mol. The van der Waals surface area contributed by atoms with E-state index in [-0.39, 0.29) is 6.79 Å². The van der Waals surface area contributed by atoms with E-state index < -0.39 is 0 Å². The van der Waals surface area contributed by atoms with Gasteiger partial charge in [0, 0.05) is 18.6 Å². The van der Waals surface area contributed by atoms with Crippen LogP contribution < -0.4 is 14.8 Å². The Morgan fingerprint density at radius 3 is 2.71 bits per heavy atom. The third-order valence-corrected chi connectivity index (χ3v) is 5.03. The minimum atomic E-state index is 0.260. The van der Waals surface area contributed by atoms with Gasteiger partial charge in [-0.2, -0.15) is 0 Å². The van der Waals surface area contributed by atoms with Gasteiger partial charge < -0.3 is 19.7 Å². The molecule has 1 N–H and O–H groups in total. The van der Waals surface area contributed by atoms with Crippen LogP contribution in [0.2, 0.25) is 5.02 Å². The second-order valence-electron chi connectivity index (χ2n) is 6.24. The molecule has 116 valence electrons. The van der Waals surface area contributed by atoms with Crippen molar-refractivity contribution >= 4 is 11.6 Å². The standard InChI is InChI=1S/C16H23ClN2O2/c1-19(2)16(5-3-4-6-16)10-18-9-12-7-13(17)15-14(8-12)20-11-21-15/h7-8,18H,3-6,9-11H2,1-2H3. The summed E-state index contributed by atoms with van der Waals surface area (Å²) in [5, 5.41) is 4.22. The summed E-state index contributed by atoms with van der Waals surface area (Å²) >= 11 is 6.22. The molecule has 1 aliphatic carbocycles. The fourth-order valence-electron chi connectivity index (χ4n) is 3.38. The maximum atomic E-state index is 6.22. The Hall–Kier alpha value is -0.970. The van der Waals surface area contributed by atoms with E-state index in [1.807, 2.05) is 12.1 Å². The maximum Gasteiger partial charge on any atom is 0.231 e. The van der Waals surface area contributed by atoms with E-state index in [2.05, 4.69) is 24.3 Å². The van der Waals surface area contributed by atoms with Gasteiger partial charge in [-0.1, -0.05) is 24.4 Å². The first-order valence-corrected chi connectivity index (χ1v) is 7.95. The second kappa shape index (κ2) is 6.03. The highest BCUT2D eigenvalue weighted by Crippen LogP contribution is 2.40. The van der Waals surface area contributed by atoms with Crippen LogP contribution >= 0.6 is 11.6 Å². The Morgan fingerprint density at radius 1 is 1.24 bits per heavy atom. The fraction of sp³-hybridized carbons (Fsp3) is 0.625. The number of hydrogen-bond acceptors (Lipinski definition) is 4. The highest BCUT2D eigenvalue weighted by Gasteiger charge is 2.35. The van der Waals surface area contributed by atoms with E-state index in [0.29, 0.717) is 16.3 Å². The van der Waals surface area contributed by atoms with E-state index >= 15 is 0 Å². The third-order valence-electron chi connectivity index (χ3n) is 4.75. The van der Waals surface area contributed by atoms with Gasteiger partial charge in [0.1, 0.15) is 0 Å². The van der Waals surface area contributed by atoms with Gasteiger partial charge in [0.05, 0.1) is 5.02 Å². The van der Waals surface area contributed by atoms with E-state index in [0.717, 1.165) is 24.4 Å². The van der Waals surface area contributed by atoms with Crippen molar-refractivity contribution in [1.29, 1.82) is 0 Å². The number of rotatable bonds is 5. The van der Waals surface area contributed by atoms with Gasteiger partial charge >= 0.3 is 0 Å². The van der Waals surface area contributed by atoms with Crippen molar-refractivity contribution in [3.63, 3.8) is 0 Å². The summed E-state index contributed by atoms with van der Waals surface area (Å²) < 4.78 is 10.8. The van der Waals surface area contributed by atoms with Crippen molar-refractivity contribution in [2.75, 3.05) is 27.4 Å². The number of hydrogen-bond donors (Lipinski definition) is 1. The normalized spacial score (nSPS) is 19.4. The van der Waals surface area contributed by atoms with E-state index in [1.165, 1.54) is 25.7 Å².